The van der Waals surface area contributed by atoms with Crippen LogP contribution in [0.15, 0.2) is 16.6 Å². The zero-order valence-corrected chi connectivity index (χ0v) is 9.11. The van der Waals surface area contributed by atoms with Gasteiger partial charge in [-0.1, -0.05) is 0 Å². The molecule has 3 N–H and O–H groups in total. The Morgan fingerprint density at radius 3 is 2.50 bits per heavy atom. The molecule has 0 aromatic heterocycles. The Labute approximate surface area is 88.9 Å². The van der Waals surface area contributed by atoms with Crippen molar-refractivity contribution in [2.75, 3.05) is 6.61 Å². The predicted molar refractivity (Wildman–Crippen MR) is 52.7 cm³/mol. The second-order valence-electron chi connectivity index (χ2n) is 3.32. The Kier molecular flexibility index (Phi) is 3.24. The lowest BCUT2D eigenvalue weighted by molar-refractivity contribution is 0.206. The van der Waals surface area contributed by atoms with Crippen molar-refractivity contribution in [2.24, 2.45) is 5.73 Å². The summed E-state index contributed by atoms with van der Waals surface area (Å²) in [6, 6.07) is 1.97. The normalized spacial score (nSPS) is 15.3. The van der Waals surface area contributed by atoms with E-state index in [9.17, 15) is 8.78 Å². The van der Waals surface area contributed by atoms with Crippen LogP contribution in [-0.2, 0) is 5.54 Å². The Morgan fingerprint density at radius 2 is 2.00 bits per heavy atom. The number of halogens is 3. The average Bonchev–Trinajstić information content (AvgIpc) is 2.11. The smallest absolute Gasteiger partial charge is 0.140 e. The van der Waals surface area contributed by atoms with E-state index in [1.807, 2.05) is 0 Å². The van der Waals surface area contributed by atoms with Crippen LogP contribution in [0.25, 0.3) is 0 Å². The molecule has 2 nitrogen and oxygen atoms in total. The van der Waals surface area contributed by atoms with Gasteiger partial charge in [-0.15, -0.1) is 0 Å². The van der Waals surface area contributed by atoms with E-state index >= 15 is 0 Å². The molecule has 0 amide bonds. The summed E-state index contributed by atoms with van der Waals surface area (Å²) in [5, 5.41) is 8.93. The summed E-state index contributed by atoms with van der Waals surface area (Å²) in [6.45, 7) is 1.05. The Morgan fingerprint density at radius 1 is 1.43 bits per heavy atom. The molecule has 0 heterocycles. The quantitative estimate of drug-likeness (QED) is 0.803. The highest BCUT2D eigenvalue weighted by molar-refractivity contribution is 9.10. The van der Waals surface area contributed by atoms with Crippen molar-refractivity contribution in [3.8, 4) is 0 Å². The van der Waals surface area contributed by atoms with Crippen LogP contribution in [0.3, 0.4) is 0 Å². The fourth-order valence-corrected chi connectivity index (χ4v) is 1.39. The summed E-state index contributed by atoms with van der Waals surface area (Å²) >= 11 is 2.92. The molecular formula is C9H10BrF2NO. The lowest BCUT2D eigenvalue weighted by atomic mass is 9.94. The van der Waals surface area contributed by atoms with E-state index in [2.05, 4.69) is 15.9 Å². The van der Waals surface area contributed by atoms with E-state index in [1.165, 1.54) is 13.0 Å². The third kappa shape index (κ3) is 2.10. The maximum Gasteiger partial charge on any atom is 0.140 e. The molecule has 0 radical (unpaired) electrons. The molecule has 78 valence electrons. The SMILES string of the molecule is CC(N)(CO)c1cc(Br)c(F)cc1F. The highest BCUT2D eigenvalue weighted by Crippen LogP contribution is 2.26. The minimum absolute atomic E-state index is 0.0771. The summed E-state index contributed by atoms with van der Waals surface area (Å²) in [6.07, 6.45) is 0. The van der Waals surface area contributed by atoms with Crippen molar-refractivity contribution in [3.63, 3.8) is 0 Å². The van der Waals surface area contributed by atoms with E-state index in [0.29, 0.717) is 0 Å². The molecule has 0 aliphatic heterocycles. The van der Waals surface area contributed by atoms with Gasteiger partial charge < -0.3 is 10.8 Å². The van der Waals surface area contributed by atoms with Gasteiger partial charge in [-0.05, 0) is 28.9 Å². The molecule has 0 fully saturated rings. The number of hydrogen-bond donors (Lipinski definition) is 2. The van der Waals surface area contributed by atoms with Crippen molar-refractivity contribution in [3.05, 3.63) is 33.8 Å². The van der Waals surface area contributed by atoms with E-state index in [4.69, 9.17) is 10.8 Å². The van der Waals surface area contributed by atoms with Gasteiger partial charge in [0.15, 0.2) is 0 Å². The van der Waals surface area contributed by atoms with Crippen molar-refractivity contribution in [1.82, 2.24) is 0 Å². The molecule has 1 rings (SSSR count). The number of benzene rings is 1. The molecule has 0 bridgehead atoms. The first kappa shape index (κ1) is 11.6. The molecule has 1 atom stereocenters. The first-order valence-electron chi connectivity index (χ1n) is 3.93. The monoisotopic (exact) mass is 265 g/mol. The van der Waals surface area contributed by atoms with Crippen LogP contribution in [0.1, 0.15) is 12.5 Å². The fourth-order valence-electron chi connectivity index (χ4n) is 1.05. The zero-order valence-electron chi connectivity index (χ0n) is 7.52. The van der Waals surface area contributed by atoms with Crippen molar-refractivity contribution in [1.29, 1.82) is 0 Å². The van der Waals surface area contributed by atoms with Crippen LogP contribution < -0.4 is 5.73 Å². The largest absolute Gasteiger partial charge is 0.394 e. The third-order valence-corrected chi connectivity index (χ3v) is 2.56. The van der Waals surface area contributed by atoms with E-state index in [0.717, 1.165) is 6.07 Å². The van der Waals surface area contributed by atoms with E-state index < -0.39 is 23.8 Å². The maximum absolute atomic E-state index is 13.3. The van der Waals surface area contributed by atoms with Crippen LogP contribution in [0, 0.1) is 11.6 Å². The van der Waals surface area contributed by atoms with Crippen LogP contribution >= 0.6 is 15.9 Å². The molecule has 1 unspecified atom stereocenters. The van der Waals surface area contributed by atoms with Crippen molar-refractivity contribution in [2.45, 2.75) is 12.5 Å². The van der Waals surface area contributed by atoms with Crippen molar-refractivity contribution < 1.29 is 13.9 Å². The van der Waals surface area contributed by atoms with E-state index in [1.54, 1.807) is 0 Å². The van der Waals surface area contributed by atoms with E-state index in [-0.39, 0.29) is 10.0 Å². The summed E-state index contributed by atoms with van der Waals surface area (Å²) < 4.78 is 26.2. The lowest BCUT2D eigenvalue weighted by Gasteiger charge is -2.23. The van der Waals surface area contributed by atoms with Gasteiger partial charge in [0.25, 0.3) is 0 Å². The molecule has 0 saturated carbocycles. The van der Waals surface area contributed by atoms with Gasteiger partial charge in [0.1, 0.15) is 11.6 Å². The minimum Gasteiger partial charge on any atom is -0.394 e. The number of rotatable bonds is 2. The molecule has 0 saturated heterocycles. The molecule has 0 aliphatic carbocycles. The first-order valence-corrected chi connectivity index (χ1v) is 4.72. The summed E-state index contributed by atoms with van der Waals surface area (Å²) in [5.41, 5.74) is 4.49. The molecule has 1 aromatic carbocycles. The summed E-state index contributed by atoms with van der Waals surface area (Å²) in [7, 11) is 0. The zero-order chi connectivity index (χ0) is 10.9. The van der Waals surface area contributed by atoms with Crippen LogP contribution in [-0.4, -0.2) is 11.7 Å². The highest BCUT2D eigenvalue weighted by Gasteiger charge is 2.25. The second-order valence-corrected chi connectivity index (χ2v) is 4.18. The fraction of sp³-hybridized carbons (Fsp3) is 0.333. The Balaban J connectivity index is 3.29. The number of nitrogens with two attached hydrogens (primary N) is 1. The predicted octanol–water partition coefficient (Wildman–Crippen LogP) is 1.89. The van der Waals surface area contributed by atoms with Crippen LogP contribution in [0.2, 0.25) is 0 Å². The molecule has 5 heteroatoms. The molecule has 0 spiro atoms. The van der Waals surface area contributed by atoms with Crippen LogP contribution in [0.5, 0.6) is 0 Å². The first-order chi connectivity index (χ1) is 6.38. The van der Waals surface area contributed by atoms with Gasteiger partial charge in [-0.3, -0.25) is 0 Å². The summed E-state index contributed by atoms with van der Waals surface area (Å²) in [5.74, 6) is -1.45. The average molecular weight is 266 g/mol. The van der Waals surface area contributed by atoms with Crippen LogP contribution in [0.4, 0.5) is 8.78 Å². The topological polar surface area (TPSA) is 46.2 Å². The maximum atomic E-state index is 13.3. The Hall–Kier alpha value is -0.520. The second kappa shape index (κ2) is 3.92. The summed E-state index contributed by atoms with van der Waals surface area (Å²) in [4.78, 5) is 0. The van der Waals surface area contributed by atoms with Gasteiger partial charge in [0.05, 0.1) is 16.6 Å². The van der Waals surface area contributed by atoms with Gasteiger partial charge >= 0.3 is 0 Å². The van der Waals surface area contributed by atoms with Gasteiger partial charge in [-0.25, -0.2) is 8.78 Å². The van der Waals surface area contributed by atoms with Gasteiger partial charge in [0, 0.05) is 11.6 Å². The van der Waals surface area contributed by atoms with Gasteiger partial charge in [0.2, 0.25) is 0 Å². The minimum atomic E-state index is -1.21. The molecule has 0 aliphatic rings. The lowest BCUT2D eigenvalue weighted by Crippen LogP contribution is -2.38. The number of aliphatic hydroxyl groups excluding tert-OH is 1. The Bertz CT molecular complexity index is 355. The number of hydrogen-bond acceptors (Lipinski definition) is 2. The standard InChI is InChI=1S/C9H10BrF2NO/c1-9(13,4-14)5-2-6(10)8(12)3-7(5)11/h2-3,14H,4,13H2,1H3. The molecule has 14 heavy (non-hydrogen) atoms. The third-order valence-electron chi connectivity index (χ3n) is 1.95. The van der Waals surface area contributed by atoms with Gasteiger partial charge in [-0.2, -0.15) is 0 Å². The van der Waals surface area contributed by atoms with Crippen molar-refractivity contribution >= 4 is 15.9 Å². The number of aliphatic hydroxyl groups is 1. The highest BCUT2D eigenvalue weighted by atomic mass is 79.9. The molecule has 1 aromatic rings. The molecular weight excluding hydrogens is 256 g/mol.